The van der Waals surface area contributed by atoms with Gasteiger partial charge in [0.25, 0.3) is 0 Å². The van der Waals surface area contributed by atoms with Gasteiger partial charge in [-0.2, -0.15) is 0 Å². The number of likely N-dealkylation sites (tertiary alicyclic amines) is 1. The van der Waals surface area contributed by atoms with Gasteiger partial charge in [-0.3, -0.25) is 38.5 Å². The molecule has 24 heteroatoms. The van der Waals surface area contributed by atoms with E-state index in [0.717, 1.165) is 73.5 Å². The highest BCUT2D eigenvalue weighted by atomic mass is 32.1. The Balaban J connectivity index is 1.28. The van der Waals surface area contributed by atoms with Crippen molar-refractivity contribution in [3.8, 4) is 27.7 Å². The number of fused-ring (bicyclic) bond motifs is 1. The molecule has 0 aliphatic carbocycles. The number of piperidine rings is 1. The molecule has 3 saturated heterocycles. The van der Waals surface area contributed by atoms with Crippen LogP contribution in [0.1, 0.15) is 82.2 Å². The molecule has 3 aromatic carbocycles. The van der Waals surface area contributed by atoms with Crippen LogP contribution in [0.15, 0.2) is 66.7 Å². The van der Waals surface area contributed by atoms with Crippen LogP contribution in [0.25, 0.3) is 20.5 Å². The number of carbonyl (C=O) groups is 9. The summed E-state index contributed by atoms with van der Waals surface area (Å²) in [6.07, 6.45) is -14.6. The SMILES string of the molecule is [2H]C([2H])(Oc1ccc(C(=O)c2c(-c3ccc(OC4OC(C(=O)OC)C(OC(C)=O)C(OC(C)=O)C4OC(C)=O)cc3)sc3cc(OC4OC(C(=O)OC)C(OC(C)=O)C(OC(C)=O)C4OC(C)=O)ccc23)cc1)C([2H])([2H])N1CCCCC1. The molecule has 0 amide bonds. The highest BCUT2D eigenvalue weighted by molar-refractivity contribution is 7.22. The summed E-state index contributed by atoms with van der Waals surface area (Å²) in [5.41, 5.74) is 0.636. The van der Waals surface area contributed by atoms with E-state index in [9.17, 15) is 43.2 Å². The number of benzene rings is 3. The zero-order valence-electron chi connectivity index (χ0n) is 47.5. The standard InChI is InChI=1S/C54H59NO22S/c1-27(56)68-42-44(70-29(3)58)48(72-31(5)60)53(76-46(42)51(63)65-7)74-36-18-14-34(15-19-36)50-40(41(62)33-12-16-35(17-13-33)67-25-24-55-22-10-9-11-23-55)38-21-20-37(26-39(38)78-50)75-54-49(73-32(6)61)45(71-30(4)59)43(69-28(2)57)47(77-54)52(64)66-8/h12-21,26,42-49,53-54H,9-11,22-25H2,1-8H3/i24D2,25D2. The first-order chi connectivity index (χ1) is 38.7. The quantitative estimate of drug-likeness (QED) is 0.0692. The smallest absolute Gasteiger partial charge is 0.339 e. The zero-order chi connectivity index (χ0) is 60.0. The number of nitrogens with zero attached hydrogens (tertiary/aromatic N) is 1. The van der Waals surface area contributed by atoms with Crippen molar-refractivity contribution in [2.45, 2.75) is 122 Å². The average Bonchev–Trinajstić information content (AvgIpc) is 2.85. The molecule has 0 bridgehead atoms. The number of rotatable bonds is 19. The molecule has 0 spiro atoms. The van der Waals surface area contributed by atoms with Crippen LogP contribution < -0.4 is 14.2 Å². The summed E-state index contributed by atoms with van der Waals surface area (Å²) in [6.45, 7) is 1.62. The molecular formula is C54H59NO22S. The first-order valence-electron chi connectivity index (χ1n) is 26.3. The fourth-order valence-electron chi connectivity index (χ4n) is 8.85. The first kappa shape index (κ1) is 52.4. The Kier molecular flexibility index (Phi) is 17.5. The van der Waals surface area contributed by atoms with Gasteiger partial charge in [0.15, 0.2) is 42.4 Å². The minimum absolute atomic E-state index is 0.00425. The molecule has 7 rings (SSSR count). The third kappa shape index (κ3) is 14.3. The lowest BCUT2D eigenvalue weighted by atomic mass is 9.97. The van der Waals surface area contributed by atoms with Crippen LogP contribution in [0.2, 0.25) is 0 Å². The fourth-order valence-corrected chi connectivity index (χ4v) is 10.1. The fraction of sp³-hybridized carbons (Fsp3) is 0.463. The third-order valence-corrected chi connectivity index (χ3v) is 13.2. The molecule has 10 atom stereocenters. The Labute approximate surface area is 457 Å². The van der Waals surface area contributed by atoms with Crippen LogP contribution in [0.4, 0.5) is 0 Å². The molecule has 0 saturated carbocycles. The van der Waals surface area contributed by atoms with E-state index in [-0.39, 0.29) is 28.4 Å². The minimum Gasteiger partial charge on any atom is -0.492 e. The predicted octanol–water partition coefficient (Wildman–Crippen LogP) is 4.81. The number of thiophene rings is 1. The molecular weight excluding hydrogens is 1050 g/mol. The van der Waals surface area contributed by atoms with Gasteiger partial charge in [-0.25, -0.2) is 9.59 Å². The monoisotopic (exact) mass is 1110 g/mol. The third-order valence-electron chi connectivity index (χ3n) is 12.0. The van der Waals surface area contributed by atoms with Crippen LogP contribution >= 0.6 is 11.3 Å². The van der Waals surface area contributed by atoms with Crippen LogP contribution in [-0.2, 0) is 85.7 Å². The molecule has 3 fully saturated rings. The highest BCUT2D eigenvalue weighted by Crippen LogP contribution is 2.43. The average molecular weight is 1110 g/mol. The lowest BCUT2D eigenvalue weighted by Crippen LogP contribution is -2.64. The van der Waals surface area contributed by atoms with E-state index in [1.54, 1.807) is 12.1 Å². The number of ether oxygens (including phenoxy) is 13. The van der Waals surface area contributed by atoms with Crippen LogP contribution in [-0.4, -0.2) is 160 Å². The molecule has 23 nitrogen and oxygen atoms in total. The number of hydrogen-bond acceptors (Lipinski definition) is 24. The lowest BCUT2D eigenvalue weighted by Gasteiger charge is -2.43. The maximum absolute atomic E-state index is 15.0. The number of methoxy groups -OCH3 is 2. The summed E-state index contributed by atoms with van der Waals surface area (Å²) in [7, 11) is 2.07. The molecule has 3 aliphatic heterocycles. The van der Waals surface area contributed by atoms with Crippen molar-refractivity contribution < 1.29 is 110 Å². The maximum Gasteiger partial charge on any atom is 0.339 e. The van der Waals surface area contributed by atoms with E-state index in [1.807, 2.05) is 0 Å². The molecule has 4 aromatic rings. The van der Waals surface area contributed by atoms with Gasteiger partial charge in [0.1, 0.15) is 23.8 Å². The van der Waals surface area contributed by atoms with Crippen LogP contribution in [0, 0.1) is 0 Å². The summed E-state index contributed by atoms with van der Waals surface area (Å²) in [5.74, 6) is -8.09. The second kappa shape index (κ2) is 26.1. The molecule has 3 aliphatic rings. The van der Waals surface area contributed by atoms with E-state index in [2.05, 4.69) is 0 Å². The Bertz CT molecular complexity index is 3060. The Morgan fingerprint density at radius 1 is 0.551 bits per heavy atom. The summed E-state index contributed by atoms with van der Waals surface area (Å²) in [4.78, 5) is 117. The van der Waals surface area contributed by atoms with E-state index >= 15 is 0 Å². The Morgan fingerprint density at radius 3 is 1.46 bits per heavy atom. The van der Waals surface area contributed by atoms with E-state index in [4.69, 9.17) is 67.1 Å². The molecule has 10 unspecified atom stereocenters. The van der Waals surface area contributed by atoms with Crippen molar-refractivity contribution in [2.75, 3.05) is 40.4 Å². The molecule has 1 aromatic heterocycles. The van der Waals surface area contributed by atoms with Crippen molar-refractivity contribution in [1.82, 2.24) is 4.90 Å². The van der Waals surface area contributed by atoms with E-state index in [0.29, 0.717) is 46.5 Å². The highest BCUT2D eigenvalue weighted by Gasteiger charge is 2.57. The van der Waals surface area contributed by atoms with Crippen molar-refractivity contribution >= 4 is 75.0 Å². The van der Waals surface area contributed by atoms with Gasteiger partial charge in [-0.15, -0.1) is 11.3 Å². The number of carbonyl (C=O) groups excluding carboxylic acids is 9. The van der Waals surface area contributed by atoms with Crippen molar-refractivity contribution in [3.05, 3.63) is 77.9 Å². The lowest BCUT2D eigenvalue weighted by molar-refractivity contribution is -0.282. The largest absolute Gasteiger partial charge is 0.492 e. The van der Waals surface area contributed by atoms with E-state index in [1.165, 1.54) is 59.5 Å². The number of esters is 8. The van der Waals surface area contributed by atoms with Gasteiger partial charge in [-0.05, 0) is 98.2 Å². The maximum atomic E-state index is 15.0. The van der Waals surface area contributed by atoms with Crippen molar-refractivity contribution in [3.63, 3.8) is 0 Å². The van der Waals surface area contributed by atoms with Gasteiger partial charge >= 0.3 is 47.8 Å². The van der Waals surface area contributed by atoms with Gasteiger partial charge in [-0.1, -0.05) is 6.42 Å². The van der Waals surface area contributed by atoms with Crippen molar-refractivity contribution in [1.29, 1.82) is 0 Å². The van der Waals surface area contributed by atoms with Gasteiger partial charge in [0.2, 0.25) is 24.8 Å². The van der Waals surface area contributed by atoms with Crippen LogP contribution in [0.3, 0.4) is 0 Å². The van der Waals surface area contributed by atoms with Gasteiger partial charge in [0.05, 0.1) is 17.0 Å². The molecule has 78 heavy (non-hydrogen) atoms. The Morgan fingerprint density at radius 2 is 0.987 bits per heavy atom. The number of ketones is 1. The summed E-state index contributed by atoms with van der Waals surface area (Å²) in [6, 6.07) is 15.9. The second-order valence-electron chi connectivity index (χ2n) is 17.8. The minimum atomic E-state index is -2.81. The summed E-state index contributed by atoms with van der Waals surface area (Å²) < 4.78 is 107. The molecule has 0 radical (unpaired) electrons. The predicted molar refractivity (Wildman–Crippen MR) is 269 cm³/mol. The van der Waals surface area contributed by atoms with Gasteiger partial charge in [0, 0.05) is 76.9 Å². The zero-order valence-corrected chi connectivity index (χ0v) is 44.3. The molecule has 418 valence electrons. The molecule has 4 heterocycles. The topological polar surface area (TPSA) is 277 Å². The number of hydrogen-bond donors (Lipinski definition) is 0. The second-order valence-corrected chi connectivity index (χ2v) is 18.8. The summed E-state index contributed by atoms with van der Waals surface area (Å²) >= 11 is 1.09. The van der Waals surface area contributed by atoms with Crippen molar-refractivity contribution in [2.24, 2.45) is 0 Å². The molecule has 0 N–H and O–H groups in total. The summed E-state index contributed by atoms with van der Waals surface area (Å²) in [5, 5.41) is 0.359. The normalized spacial score (nSPS) is 25.2. The first-order valence-corrected chi connectivity index (χ1v) is 25.1. The van der Waals surface area contributed by atoms with Crippen LogP contribution in [0.5, 0.6) is 17.2 Å². The van der Waals surface area contributed by atoms with Gasteiger partial charge < -0.3 is 61.6 Å². The Hall–Kier alpha value is -7.67. The van der Waals surface area contributed by atoms with E-state index < -0.39 is 128 Å².